The fourth-order valence-corrected chi connectivity index (χ4v) is 1.76. The van der Waals surface area contributed by atoms with Crippen LogP contribution in [0, 0.1) is 0 Å². The maximum atomic E-state index is 11.5. The third kappa shape index (κ3) is 3.23. The van der Waals surface area contributed by atoms with Crippen molar-refractivity contribution in [1.29, 1.82) is 0 Å². The molecular weight excluding hydrogens is 260 g/mol. The maximum absolute atomic E-state index is 11.5. The Kier molecular flexibility index (Phi) is 4.14. The first kappa shape index (κ1) is 13.8. The predicted octanol–water partition coefficient (Wildman–Crippen LogP) is 1.81. The SMILES string of the molecule is CCOC(=O)c1cnn(Cc2cccc(C(=O)O)c2)c1. The normalized spacial score (nSPS) is 10.2. The van der Waals surface area contributed by atoms with Crippen LogP contribution in [0.2, 0.25) is 0 Å². The molecule has 0 aliphatic carbocycles. The van der Waals surface area contributed by atoms with Gasteiger partial charge in [-0.25, -0.2) is 9.59 Å². The number of hydrogen-bond acceptors (Lipinski definition) is 4. The number of ether oxygens (including phenoxy) is 1. The zero-order valence-corrected chi connectivity index (χ0v) is 10.9. The molecule has 1 aromatic carbocycles. The Morgan fingerprint density at radius 3 is 2.85 bits per heavy atom. The largest absolute Gasteiger partial charge is 0.478 e. The molecule has 2 rings (SSSR count). The number of nitrogens with zero attached hydrogens (tertiary/aromatic N) is 2. The Bertz CT molecular complexity index is 634. The molecule has 6 heteroatoms. The number of carboxylic acid groups (broad SMARTS) is 1. The molecule has 6 nitrogen and oxygen atoms in total. The highest BCUT2D eigenvalue weighted by Crippen LogP contribution is 2.08. The lowest BCUT2D eigenvalue weighted by Crippen LogP contribution is -2.04. The van der Waals surface area contributed by atoms with Gasteiger partial charge in [0.25, 0.3) is 0 Å². The molecule has 0 aliphatic heterocycles. The first-order valence-corrected chi connectivity index (χ1v) is 6.12. The van der Waals surface area contributed by atoms with Gasteiger partial charge >= 0.3 is 11.9 Å². The summed E-state index contributed by atoms with van der Waals surface area (Å²) >= 11 is 0. The topological polar surface area (TPSA) is 81.4 Å². The van der Waals surface area contributed by atoms with Crippen LogP contribution < -0.4 is 0 Å². The maximum Gasteiger partial charge on any atom is 0.341 e. The first-order chi connectivity index (χ1) is 9.60. The summed E-state index contributed by atoms with van der Waals surface area (Å²) in [6, 6.07) is 6.58. The zero-order valence-electron chi connectivity index (χ0n) is 10.9. The lowest BCUT2D eigenvalue weighted by Gasteiger charge is -2.03. The van der Waals surface area contributed by atoms with Gasteiger partial charge in [-0.2, -0.15) is 5.10 Å². The van der Waals surface area contributed by atoms with Gasteiger partial charge in [-0.1, -0.05) is 12.1 Å². The molecule has 1 aromatic heterocycles. The molecular formula is C14H14N2O4. The van der Waals surface area contributed by atoms with Crippen molar-refractivity contribution < 1.29 is 19.4 Å². The Morgan fingerprint density at radius 1 is 1.35 bits per heavy atom. The van der Waals surface area contributed by atoms with Crippen molar-refractivity contribution in [2.75, 3.05) is 6.61 Å². The molecule has 0 unspecified atom stereocenters. The van der Waals surface area contributed by atoms with E-state index in [2.05, 4.69) is 5.10 Å². The summed E-state index contributed by atoms with van der Waals surface area (Å²) in [7, 11) is 0. The van der Waals surface area contributed by atoms with Gasteiger partial charge in [0.1, 0.15) is 0 Å². The number of aromatic nitrogens is 2. The summed E-state index contributed by atoms with van der Waals surface area (Å²) in [5.41, 5.74) is 1.39. The summed E-state index contributed by atoms with van der Waals surface area (Å²) in [6.45, 7) is 2.44. The van der Waals surface area contributed by atoms with Crippen LogP contribution in [0.4, 0.5) is 0 Å². The molecule has 0 saturated carbocycles. The number of aromatic carboxylic acids is 1. The van der Waals surface area contributed by atoms with E-state index in [-0.39, 0.29) is 5.56 Å². The number of benzene rings is 1. The van der Waals surface area contributed by atoms with E-state index in [4.69, 9.17) is 9.84 Å². The van der Waals surface area contributed by atoms with Crippen molar-refractivity contribution >= 4 is 11.9 Å². The molecule has 0 saturated heterocycles. The van der Waals surface area contributed by atoms with E-state index in [0.29, 0.717) is 18.7 Å². The Hall–Kier alpha value is -2.63. The Balaban J connectivity index is 2.12. The van der Waals surface area contributed by atoms with Gasteiger partial charge in [0.15, 0.2) is 0 Å². The molecule has 0 amide bonds. The minimum Gasteiger partial charge on any atom is -0.478 e. The quantitative estimate of drug-likeness (QED) is 0.841. The summed E-state index contributed by atoms with van der Waals surface area (Å²) < 4.78 is 6.43. The molecule has 2 aromatic rings. The Labute approximate surface area is 115 Å². The number of carboxylic acids is 1. The fraction of sp³-hybridized carbons (Fsp3) is 0.214. The summed E-state index contributed by atoms with van der Waals surface area (Å²) in [5.74, 6) is -1.39. The monoisotopic (exact) mass is 274 g/mol. The van der Waals surface area contributed by atoms with E-state index >= 15 is 0 Å². The van der Waals surface area contributed by atoms with E-state index in [9.17, 15) is 9.59 Å². The predicted molar refractivity (Wildman–Crippen MR) is 70.7 cm³/mol. The van der Waals surface area contributed by atoms with Gasteiger partial charge in [-0.15, -0.1) is 0 Å². The Morgan fingerprint density at radius 2 is 2.15 bits per heavy atom. The third-order valence-electron chi connectivity index (χ3n) is 2.66. The van der Waals surface area contributed by atoms with Crippen LogP contribution in [-0.2, 0) is 11.3 Å². The minimum atomic E-state index is -0.973. The molecule has 1 N–H and O–H groups in total. The van der Waals surface area contributed by atoms with Crippen LogP contribution in [0.15, 0.2) is 36.7 Å². The number of rotatable bonds is 5. The van der Waals surface area contributed by atoms with Gasteiger partial charge in [0, 0.05) is 6.20 Å². The lowest BCUT2D eigenvalue weighted by atomic mass is 10.1. The zero-order chi connectivity index (χ0) is 14.5. The number of carbonyl (C=O) groups excluding carboxylic acids is 1. The fourth-order valence-electron chi connectivity index (χ4n) is 1.76. The average molecular weight is 274 g/mol. The molecule has 0 bridgehead atoms. The highest BCUT2D eigenvalue weighted by atomic mass is 16.5. The van der Waals surface area contributed by atoms with Crippen LogP contribution >= 0.6 is 0 Å². The molecule has 0 atom stereocenters. The number of hydrogen-bond donors (Lipinski definition) is 1. The third-order valence-corrected chi connectivity index (χ3v) is 2.66. The molecule has 1 heterocycles. The summed E-state index contributed by atoms with van der Waals surface area (Å²) in [4.78, 5) is 22.4. The second kappa shape index (κ2) is 6.01. The van der Waals surface area contributed by atoms with Gasteiger partial charge in [-0.3, -0.25) is 4.68 Å². The second-order valence-electron chi connectivity index (χ2n) is 4.15. The van der Waals surface area contributed by atoms with Crippen LogP contribution in [0.1, 0.15) is 33.2 Å². The standard InChI is InChI=1S/C14H14N2O4/c1-2-20-14(19)12-7-15-16(9-12)8-10-4-3-5-11(6-10)13(17)18/h3-7,9H,2,8H2,1H3,(H,17,18). The van der Waals surface area contributed by atoms with Crippen molar-refractivity contribution in [3.05, 3.63) is 53.3 Å². The first-order valence-electron chi connectivity index (χ1n) is 6.12. The second-order valence-corrected chi connectivity index (χ2v) is 4.15. The van der Waals surface area contributed by atoms with Crippen LogP contribution in [0.3, 0.4) is 0 Å². The lowest BCUT2D eigenvalue weighted by molar-refractivity contribution is 0.0525. The number of carbonyl (C=O) groups is 2. The van der Waals surface area contributed by atoms with Gasteiger partial charge in [-0.05, 0) is 24.6 Å². The minimum absolute atomic E-state index is 0.222. The van der Waals surface area contributed by atoms with Crippen molar-refractivity contribution in [2.45, 2.75) is 13.5 Å². The van der Waals surface area contributed by atoms with E-state index in [1.165, 1.54) is 12.3 Å². The van der Waals surface area contributed by atoms with Crippen LogP contribution in [0.5, 0.6) is 0 Å². The highest BCUT2D eigenvalue weighted by molar-refractivity contribution is 5.88. The van der Waals surface area contributed by atoms with E-state index < -0.39 is 11.9 Å². The summed E-state index contributed by atoms with van der Waals surface area (Å²) in [5, 5.41) is 13.0. The molecule has 0 aliphatic rings. The molecule has 0 spiro atoms. The smallest absolute Gasteiger partial charge is 0.341 e. The average Bonchev–Trinajstić information content (AvgIpc) is 2.88. The molecule has 104 valence electrons. The van der Waals surface area contributed by atoms with Crippen molar-refractivity contribution in [1.82, 2.24) is 9.78 Å². The van der Waals surface area contributed by atoms with Crippen molar-refractivity contribution in [3.8, 4) is 0 Å². The molecule has 20 heavy (non-hydrogen) atoms. The van der Waals surface area contributed by atoms with Crippen LogP contribution in [0.25, 0.3) is 0 Å². The van der Waals surface area contributed by atoms with E-state index in [0.717, 1.165) is 5.56 Å². The van der Waals surface area contributed by atoms with Gasteiger partial charge in [0.05, 0.1) is 30.5 Å². The van der Waals surface area contributed by atoms with Gasteiger partial charge in [0.2, 0.25) is 0 Å². The van der Waals surface area contributed by atoms with Crippen LogP contribution in [-0.4, -0.2) is 33.4 Å². The van der Waals surface area contributed by atoms with Crippen molar-refractivity contribution in [2.24, 2.45) is 0 Å². The van der Waals surface area contributed by atoms with E-state index in [1.807, 2.05) is 0 Å². The number of esters is 1. The molecule has 0 fully saturated rings. The molecule has 0 radical (unpaired) electrons. The van der Waals surface area contributed by atoms with Crippen molar-refractivity contribution in [3.63, 3.8) is 0 Å². The van der Waals surface area contributed by atoms with Gasteiger partial charge < -0.3 is 9.84 Å². The van der Waals surface area contributed by atoms with E-state index in [1.54, 1.807) is 36.0 Å². The summed E-state index contributed by atoms with van der Waals surface area (Å²) in [6.07, 6.45) is 3.00. The highest BCUT2D eigenvalue weighted by Gasteiger charge is 2.10.